The molecule has 2 aromatic rings. The van der Waals surface area contributed by atoms with E-state index in [0.29, 0.717) is 22.6 Å². The van der Waals surface area contributed by atoms with Crippen LogP contribution >= 0.6 is 11.6 Å². The molecule has 20 heavy (non-hydrogen) atoms. The standard InChI is InChI=1S/C16H15ClO3/c1-20-13-4-2-11(3-5-13)8-14-15(17)9-12(6-7-18)10-16(14)19/h2-5,7,9-10,19H,6,8H2,1H3. The molecule has 0 saturated heterocycles. The van der Waals surface area contributed by atoms with Crippen molar-refractivity contribution in [2.24, 2.45) is 0 Å². The number of hydrogen-bond acceptors (Lipinski definition) is 3. The van der Waals surface area contributed by atoms with Gasteiger partial charge in [0.1, 0.15) is 17.8 Å². The third-order valence-corrected chi connectivity index (χ3v) is 3.43. The quantitative estimate of drug-likeness (QED) is 0.859. The van der Waals surface area contributed by atoms with Crippen LogP contribution in [0.5, 0.6) is 11.5 Å². The molecule has 0 aromatic heterocycles. The topological polar surface area (TPSA) is 46.5 Å². The summed E-state index contributed by atoms with van der Waals surface area (Å²) in [5, 5.41) is 10.5. The summed E-state index contributed by atoms with van der Waals surface area (Å²) in [6, 6.07) is 10.9. The van der Waals surface area contributed by atoms with E-state index in [-0.39, 0.29) is 12.2 Å². The van der Waals surface area contributed by atoms with Crippen molar-refractivity contribution in [2.75, 3.05) is 7.11 Å². The van der Waals surface area contributed by atoms with Gasteiger partial charge in [0.05, 0.1) is 7.11 Å². The fourth-order valence-corrected chi connectivity index (χ4v) is 2.32. The molecule has 3 nitrogen and oxygen atoms in total. The zero-order valence-corrected chi connectivity index (χ0v) is 11.9. The Morgan fingerprint density at radius 2 is 1.90 bits per heavy atom. The van der Waals surface area contributed by atoms with Gasteiger partial charge in [-0.3, -0.25) is 0 Å². The molecule has 0 atom stereocenters. The molecule has 0 aliphatic heterocycles. The minimum atomic E-state index is 0.116. The minimum Gasteiger partial charge on any atom is -0.508 e. The average Bonchev–Trinajstić information content (AvgIpc) is 2.44. The monoisotopic (exact) mass is 290 g/mol. The average molecular weight is 291 g/mol. The maximum Gasteiger partial charge on any atom is 0.124 e. The van der Waals surface area contributed by atoms with Crippen LogP contribution in [0.2, 0.25) is 5.02 Å². The van der Waals surface area contributed by atoms with Crippen LogP contribution in [0.25, 0.3) is 0 Å². The zero-order chi connectivity index (χ0) is 14.5. The number of rotatable bonds is 5. The summed E-state index contributed by atoms with van der Waals surface area (Å²) >= 11 is 6.18. The number of aromatic hydroxyl groups is 1. The third-order valence-electron chi connectivity index (χ3n) is 3.09. The number of benzene rings is 2. The molecule has 0 amide bonds. The zero-order valence-electron chi connectivity index (χ0n) is 11.1. The van der Waals surface area contributed by atoms with Gasteiger partial charge in [-0.2, -0.15) is 0 Å². The minimum absolute atomic E-state index is 0.116. The van der Waals surface area contributed by atoms with Gasteiger partial charge >= 0.3 is 0 Å². The van der Waals surface area contributed by atoms with E-state index in [1.807, 2.05) is 24.3 Å². The van der Waals surface area contributed by atoms with Crippen LogP contribution in [0.3, 0.4) is 0 Å². The van der Waals surface area contributed by atoms with Crippen molar-refractivity contribution in [1.29, 1.82) is 0 Å². The molecular weight excluding hydrogens is 276 g/mol. The lowest BCUT2D eigenvalue weighted by atomic mass is 10.0. The molecule has 0 aliphatic rings. The molecule has 0 saturated carbocycles. The molecule has 0 spiro atoms. The predicted octanol–water partition coefficient (Wildman–Crippen LogP) is 3.39. The van der Waals surface area contributed by atoms with E-state index in [4.69, 9.17) is 16.3 Å². The number of halogens is 1. The Labute approximate surface area is 122 Å². The van der Waals surface area contributed by atoms with Crippen molar-refractivity contribution < 1.29 is 14.6 Å². The van der Waals surface area contributed by atoms with Crippen LogP contribution in [-0.4, -0.2) is 18.5 Å². The van der Waals surface area contributed by atoms with Crippen LogP contribution in [-0.2, 0) is 17.6 Å². The molecule has 0 radical (unpaired) electrons. The van der Waals surface area contributed by atoms with Gasteiger partial charge in [0, 0.05) is 23.4 Å². The Morgan fingerprint density at radius 3 is 2.45 bits per heavy atom. The summed E-state index contributed by atoms with van der Waals surface area (Å²) in [5.74, 6) is 0.899. The second-order valence-corrected chi connectivity index (χ2v) is 4.88. The van der Waals surface area contributed by atoms with E-state index in [0.717, 1.165) is 17.6 Å². The number of carbonyl (C=O) groups is 1. The fourth-order valence-electron chi connectivity index (χ4n) is 2.01. The van der Waals surface area contributed by atoms with Crippen LogP contribution in [0, 0.1) is 0 Å². The van der Waals surface area contributed by atoms with E-state index in [1.165, 1.54) is 0 Å². The molecule has 0 unspecified atom stereocenters. The molecular formula is C16H15ClO3. The van der Waals surface area contributed by atoms with E-state index in [1.54, 1.807) is 19.2 Å². The lowest BCUT2D eigenvalue weighted by Gasteiger charge is -2.10. The predicted molar refractivity (Wildman–Crippen MR) is 78.7 cm³/mol. The second-order valence-electron chi connectivity index (χ2n) is 4.47. The number of phenolic OH excluding ortho intramolecular Hbond substituents is 1. The van der Waals surface area contributed by atoms with Gasteiger partial charge in [-0.05, 0) is 35.4 Å². The fraction of sp³-hybridized carbons (Fsp3) is 0.188. The largest absolute Gasteiger partial charge is 0.508 e. The van der Waals surface area contributed by atoms with Crippen LogP contribution < -0.4 is 4.74 Å². The van der Waals surface area contributed by atoms with Gasteiger partial charge in [0.15, 0.2) is 0 Å². The molecule has 4 heteroatoms. The molecule has 1 N–H and O–H groups in total. The van der Waals surface area contributed by atoms with E-state index in [2.05, 4.69) is 0 Å². The van der Waals surface area contributed by atoms with Crippen LogP contribution in [0.4, 0.5) is 0 Å². The van der Waals surface area contributed by atoms with Crippen molar-refractivity contribution in [3.05, 3.63) is 58.1 Å². The lowest BCUT2D eigenvalue weighted by molar-refractivity contribution is -0.107. The smallest absolute Gasteiger partial charge is 0.124 e. The molecule has 0 fully saturated rings. The highest BCUT2D eigenvalue weighted by Gasteiger charge is 2.10. The highest BCUT2D eigenvalue weighted by atomic mass is 35.5. The van der Waals surface area contributed by atoms with Gasteiger partial charge in [-0.25, -0.2) is 0 Å². The first-order valence-corrected chi connectivity index (χ1v) is 6.58. The van der Waals surface area contributed by atoms with Gasteiger partial charge in [-0.1, -0.05) is 23.7 Å². The summed E-state index contributed by atoms with van der Waals surface area (Å²) in [6.07, 6.45) is 1.56. The lowest BCUT2D eigenvalue weighted by Crippen LogP contribution is -1.94. The Hall–Kier alpha value is -2.00. The van der Waals surface area contributed by atoms with Crippen molar-refractivity contribution >= 4 is 17.9 Å². The summed E-state index contributed by atoms with van der Waals surface area (Å²) in [7, 11) is 1.61. The maximum atomic E-state index is 10.5. The van der Waals surface area contributed by atoms with Gasteiger partial charge < -0.3 is 14.6 Å². The van der Waals surface area contributed by atoms with E-state index < -0.39 is 0 Å². The first-order valence-electron chi connectivity index (χ1n) is 6.21. The molecule has 0 heterocycles. The Kier molecular flexibility index (Phi) is 4.64. The highest BCUT2D eigenvalue weighted by Crippen LogP contribution is 2.30. The Bertz CT molecular complexity index is 583. The Balaban J connectivity index is 2.26. The number of hydrogen-bond donors (Lipinski definition) is 1. The van der Waals surface area contributed by atoms with Crippen molar-refractivity contribution in [3.8, 4) is 11.5 Å². The highest BCUT2D eigenvalue weighted by molar-refractivity contribution is 6.31. The molecule has 0 aliphatic carbocycles. The van der Waals surface area contributed by atoms with E-state index in [9.17, 15) is 9.90 Å². The SMILES string of the molecule is COc1ccc(Cc2c(O)cc(CC=O)cc2Cl)cc1. The van der Waals surface area contributed by atoms with Crippen molar-refractivity contribution in [3.63, 3.8) is 0 Å². The molecule has 104 valence electrons. The number of carbonyl (C=O) groups excluding carboxylic acids is 1. The summed E-state index contributed by atoms with van der Waals surface area (Å²) in [4.78, 5) is 10.5. The van der Waals surface area contributed by atoms with Gasteiger partial charge in [-0.15, -0.1) is 0 Å². The number of phenols is 1. The second kappa shape index (κ2) is 6.44. The number of ether oxygens (including phenoxy) is 1. The van der Waals surface area contributed by atoms with E-state index >= 15 is 0 Å². The summed E-state index contributed by atoms with van der Waals surface area (Å²) < 4.78 is 5.10. The van der Waals surface area contributed by atoms with Gasteiger partial charge in [0.2, 0.25) is 0 Å². The molecule has 2 aromatic carbocycles. The summed E-state index contributed by atoms with van der Waals surface area (Å²) in [5.41, 5.74) is 2.39. The van der Waals surface area contributed by atoms with Crippen LogP contribution in [0.15, 0.2) is 36.4 Å². The first kappa shape index (κ1) is 14.4. The summed E-state index contributed by atoms with van der Waals surface area (Å²) in [6.45, 7) is 0. The van der Waals surface area contributed by atoms with Crippen molar-refractivity contribution in [1.82, 2.24) is 0 Å². The van der Waals surface area contributed by atoms with Crippen LogP contribution in [0.1, 0.15) is 16.7 Å². The molecule has 2 rings (SSSR count). The first-order chi connectivity index (χ1) is 9.63. The molecule has 0 bridgehead atoms. The Morgan fingerprint density at radius 1 is 1.20 bits per heavy atom. The number of aldehydes is 1. The van der Waals surface area contributed by atoms with Crippen molar-refractivity contribution in [2.45, 2.75) is 12.8 Å². The normalized spacial score (nSPS) is 10.3. The maximum absolute atomic E-state index is 10.5. The van der Waals surface area contributed by atoms with Gasteiger partial charge in [0.25, 0.3) is 0 Å². The number of methoxy groups -OCH3 is 1. The third kappa shape index (κ3) is 3.31.